The van der Waals surface area contributed by atoms with Crippen LogP contribution in [0.15, 0.2) is 53.9 Å². The van der Waals surface area contributed by atoms with E-state index in [-0.39, 0.29) is 41.6 Å². The predicted molar refractivity (Wildman–Crippen MR) is 120 cm³/mol. The number of hydrazone groups is 1. The molecule has 1 aliphatic rings. The Kier molecular flexibility index (Phi) is 5.86. The second kappa shape index (κ2) is 9.02. The van der Waals surface area contributed by atoms with Crippen LogP contribution < -0.4 is 4.74 Å². The van der Waals surface area contributed by atoms with Crippen LogP contribution in [-0.4, -0.2) is 38.3 Å². The molecular weight excluding hydrogens is 483 g/mol. The Balaban J connectivity index is 1.33. The molecule has 7 nitrogen and oxygen atoms in total. The highest BCUT2D eigenvalue weighted by Gasteiger charge is 2.35. The summed E-state index contributed by atoms with van der Waals surface area (Å²) in [5.41, 5.74) is 0.694. The molecule has 0 aliphatic carbocycles. The monoisotopic (exact) mass is 500 g/mol. The van der Waals surface area contributed by atoms with E-state index in [0.717, 1.165) is 12.1 Å². The fraction of sp³-hybridized carbons (Fsp3) is 0.167. The standard InChI is InChI=1S/C24H17F5N6O/c1-36-14-5-6-15(17(7-14)24(27,28)29)22-30-8-13(9-31-22)11-35-12-20-19(10-32-35)33-23(34-20)16-3-2-4-18(25)21(16)26/h2-10H,11-12H2,1H3,(H,33,34). The van der Waals surface area contributed by atoms with Crippen LogP contribution in [0.25, 0.3) is 22.8 Å². The van der Waals surface area contributed by atoms with Crippen molar-refractivity contribution in [1.82, 2.24) is 24.9 Å². The number of nitrogens with one attached hydrogen (secondary N) is 1. The van der Waals surface area contributed by atoms with Crippen molar-refractivity contribution in [2.24, 2.45) is 5.10 Å². The maximum Gasteiger partial charge on any atom is 0.417 e. The third kappa shape index (κ3) is 4.49. The van der Waals surface area contributed by atoms with Crippen molar-refractivity contribution in [1.29, 1.82) is 0 Å². The van der Waals surface area contributed by atoms with Gasteiger partial charge in [0.2, 0.25) is 0 Å². The lowest BCUT2D eigenvalue weighted by atomic mass is 10.1. The van der Waals surface area contributed by atoms with E-state index in [4.69, 9.17) is 4.74 Å². The summed E-state index contributed by atoms with van der Waals surface area (Å²) in [6.45, 7) is 0.513. The lowest BCUT2D eigenvalue weighted by Crippen LogP contribution is -2.21. The number of imidazole rings is 1. The quantitative estimate of drug-likeness (QED) is 0.382. The van der Waals surface area contributed by atoms with Crippen molar-refractivity contribution in [3.05, 3.63) is 82.9 Å². The van der Waals surface area contributed by atoms with E-state index >= 15 is 0 Å². The molecule has 184 valence electrons. The summed E-state index contributed by atoms with van der Waals surface area (Å²) >= 11 is 0. The number of hydrogen-bond donors (Lipinski definition) is 1. The number of hydrogen-bond acceptors (Lipinski definition) is 6. The fourth-order valence-corrected chi connectivity index (χ4v) is 3.78. The molecule has 0 amide bonds. The van der Waals surface area contributed by atoms with Crippen LogP contribution in [0.1, 0.15) is 22.5 Å². The van der Waals surface area contributed by atoms with Gasteiger partial charge in [-0.2, -0.15) is 18.3 Å². The molecule has 0 bridgehead atoms. The van der Waals surface area contributed by atoms with Crippen molar-refractivity contribution in [3.63, 3.8) is 0 Å². The van der Waals surface area contributed by atoms with Gasteiger partial charge in [-0.25, -0.2) is 23.7 Å². The van der Waals surface area contributed by atoms with Gasteiger partial charge in [0.15, 0.2) is 17.5 Å². The van der Waals surface area contributed by atoms with E-state index in [1.165, 1.54) is 50.0 Å². The highest BCUT2D eigenvalue weighted by atomic mass is 19.4. The van der Waals surface area contributed by atoms with Crippen LogP contribution in [0.2, 0.25) is 0 Å². The first-order chi connectivity index (χ1) is 17.2. The topological polar surface area (TPSA) is 79.3 Å². The second-order valence-electron chi connectivity index (χ2n) is 7.94. The van der Waals surface area contributed by atoms with Crippen molar-refractivity contribution in [2.45, 2.75) is 19.3 Å². The van der Waals surface area contributed by atoms with Crippen LogP contribution in [-0.2, 0) is 19.3 Å². The molecule has 0 spiro atoms. The van der Waals surface area contributed by atoms with Crippen molar-refractivity contribution in [2.75, 3.05) is 7.11 Å². The lowest BCUT2D eigenvalue weighted by molar-refractivity contribution is -0.137. The summed E-state index contributed by atoms with van der Waals surface area (Å²) in [6.07, 6.45) is -0.247. The van der Waals surface area contributed by atoms with Gasteiger partial charge in [0, 0.05) is 23.5 Å². The number of H-pyrrole nitrogens is 1. The predicted octanol–water partition coefficient (Wildman–Crippen LogP) is 5.19. The minimum absolute atomic E-state index is 0.00472. The van der Waals surface area contributed by atoms with E-state index in [0.29, 0.717) is 17.0 Å². The number of benzene rings is 2. The SMILES string of the molecule is COc1ccc(-c2ncc(CN3Cc4nc(-c5cccc(F)c5F)[nH]c4C=N3)cn2)c(C(F)(F)F)c1. The maximum atomic E-state index is 14.1. The average molecular weight is 500 g/mol. The summed E-state index contributed by atoms with van der Waals surface area (Å²) in [4.78, 5) is 15.5. The van der Waals surface area contributed by atoms with Gasteiger partial charge >= 0.3 is 6.18 Å². The number of aromatic nitrogens is 4. The normalized spacial score (nSPS) is 13.1. The number of nitrogens with zero attached hydrogens (tertiary/aromatic N) is 5. The largest absolute Gasteiger partial charge is 0.497 e. The van der Waals surface area contributed by atoms with Crippen LogP contribution >= 0.6 is 0 Å². The molecule has 12 heteroatoms. The molecule has 0 saturated heterocycles. The molecule has 2 aromatic heterocycles. The van der Waals surface area contributed by atoms with Crippen LogP contribution in [0.5, 0.6) is 5.75 Å². The average Bonchev–Trinajstić information content (AvgIpc) is 3.28. The van der Waals surface area contributed by atoms with Gasteiger partial charge < -0.3 is 9.72 Å². The summed E-state index contributed by atoms with van der Waals surface area (Å²) < 4.78 is 73.2. The molecule has 4 aromatic rings. The Morgan fingerprint density at radius 3 is 2.56 bits per heavy atom. The van der Waals surface area contributed by atoms with Gasteiger partial charge in [-0.15, -0.1) is 0 Å². The highest BCUT2D eigenvalue weighted by Crippen LogP contribution is 2.38. The van der Waals surface area contributed by atoms with E-state index in [1.54, 1.807) is 5.01 Å². The molecule has 3 heterocycles. The molecule has 0 atom stereocenters. The van der Waals surface area contributed by atoms with Crippen molar-refractivity contribution in [3.8, 4) is 28.5 Å². The first-order valence-corrected chi connectivity index (χ1v) is 10.6. The number of alkyl halides is 3. The van der Waals surface area contributed by atoms with Gasteiger partial charge in [0.05, 0.1) is 48.9 Å². The lowest BCUT2D eigenvalue weighted by Gasteiger charge is -2.21. The van der Waals surface area contributed by atoms with Gasteiger partial charge in [-0.1, -0.05) is 6.07 Å². The van der Waals surface area contributed by atoms with Crippen LogP contribution in [0, 0.1) is 11.6 Å². The summed E-state index contributed by atoms with van der Waals surface area (Å²) in [7, 11) is 1.29. The third-order valence-electron chi connectivity index (χ3n) is 5.54. The molecule has 5 rings (SSSR count). The van der Waals surface area contributed by atoms with Gasteiger partial charge in [-0.05, 0) is 30.3 Å². The number of fused-ring (bicyclic) bond motifs is 1. The van der Waals surface area contributed by atoms with Gasteiger partial charge in [-0.3, -0.25) is 5.01 Å². The summed E-state index contributed by atoms with van der Waals surface area (Å²) in [5, 5.41) is 5.95. The highest BCUT2D eigenvalue weighted by molar-refractivity contribution is 5.80. The van der Waals surface area contributed by atoms with Crippen LogP contribution in [0.3, 0.4) is 0 Å². The third-order valence-corrected chi connectivity index (χ3v) is 5.54. The molecule has 0 unspecified atom stereocenters. The smallest absolute Gasteiger partial charge is 0.417 e. The number of methoxy groups -OCH3 is 1. The Hall–Kier alpha value is -4.35. The number of ether oxygens (including phenoxy) is 1. The Morgan fingerprint density at radius 1 is 1.06 bits per heavy atom. The molecule has 1 N–H and O–H groups in total. The Labute approximate surface area is 201 Å². The van der Waals surface area contributed by atoms with Crippen molar-refractivity contribution < 1.29 is 26.7 Å². The molecule has 2 aromatic carbocycles. The van der Waals surface area contributed by atoms with Gasteiger partial charge in [0.25, 0.3) is 0 Å². The molecule has 0 saturated carbocycles. The zero-order chi connectivity index (χ0) is 25.4. The molecular formula is C24H17F5N6O. The second-order valence-corrected chi connectivity index (χ2v) is 7.94. The maximum absolute atomic E-state index is 14.1. The molecule has 0 fully saturated rings. The number of halogens is 5. The summed E-state index contributed by atoms with van der Waals surface area (Å²) in [5.74, 6) is -1.80. The zero-order valence-corrected chi connectivity index (χ0v) is 18.6. The van der Waals surface area contributed by atoms with E-state index in [1.807, 2.05) is 0 Å². The molecule has 1 aliphatic heterocycles. The zero-order valence-electron chi connectivity index (χ0n) is 18.6. The molecule has 36 heavy (non-hydrogen) atoms. The molecule has 0 radical (unpaired) electrons. The minimum atomic E-state index is -4.61. The van der Waals surface area contributed by atoms with Crippen LogP contribution in [0.4, 0.5) is 22.0 Å². The first-order valence-electron chi connectivity index (χ1n) is 10.6. The first kappa shape index (κ1) is 23.4. The van der Waals surface area contributed by atoms with E-state index in [2.05, 4.69) is 25.0 Å². The van der Waals surface area contributed by atoms with Gasteiger partial charge in [0.1, 0.15) is 11.6 Å². The number of rotatable bonds is 5. The Bertz CT molecular complexity index is 1450. The summed E-state index contributed by atoms with van der Waals surface area (Å²) in [6, 6.07) is 7.42. The van der Waals surface area contributed by atoms with Crippen molar-refractivity contribution >= 4 is 6.21 Å². The fourth-order valence-electron chi connectivity index (χ4n) is 3.78. The van der Waals surface area contributed by atoms with E-state index < -0.39 is 23.4 Å². The number of aromatic amines is 1. The Morgan fingerprint density at radius 2 is 1.83 bits per heavy atom. The van der Waals surface area contributed by atoms with E-state index in [9.17, 15) is 22.0 Å². The minimum Gasteiger partial charge on any atom is -0.497 e.